The van der Waals surface area contributed by atoms with Crippen LogP contribution in [0.1, 0.15) is 29.7 Å². The highest BCUT2D eigenvalue weighted by Gasteiger charge is 2.49. The highest BCUT2D eigenvalue weighted by molar-refractivity contribution is 6.30. The first-order chi connectivity index (χ1) is 17.7. The minimum absolute atomic E-state index is 0.0297. The lowest BCUT2D eigenvalue weighted by Crippen LogP contribution is -2.58. The lowest BCUT2D eigenvalue weighted by atomic mass is 9.65. The predicted octanol–water partition coefficient (Wildman–Crippen LogP) is 2.51. The molecule has 2 unspecified atom stereocenters. The Balaban J connectivity index is 1.54. The number of rotatable bonds is 4. The van der Waals surface area contributed by atoms with Crippen LogP contribution in [-0.2, 0) is 27.8 Å². The number of anilines is 2. The first kappa shape index (κ1) is 25.3. The fourth-order valence-corrected chi connectivity index (χ4v) is 5.90. The molecule has 2 aliphatic heterocycles. The van der Waals surface area contributed by atoms with Gasteiger partial charge < -0.3 is 25.6 Å². The molecular weight excluding hydrogens is 506 g/mol. The topological polar surface area (TPSA) is 114 Å². The van der Waals surface area contributed by atoms with Crippen molar-refractivity contribution in [3.63, 3.8) is 0 Å². The number of methoxy groups -OCH3 is 1. The molecule has 0 saturated carbocycles. The zero-order valence-electron chi connectivity index (χ0n) is 20.3. The summed E-state index contributed by atoms with van der Waals surface area (Å²) in [6, 6.07) is 2.83. The number of aromatic nitrogens is 2. The van der Waals surface area contributed by atoms with Gasteiger partial charge in [0, 0.05) is 32.6 Å². The van der Waals surface area contributed by atoms with Crippen LogP contribution in [0.2, 0.25) is 5.02 Å². The molecule has 1 aromatic heterocycles. The average molecular weight is 533 g/mol. The van der Waals surface area contributed by atoms with Crippen molar-refractivity contribution in [2.24, 2.45) is 5.73 Å². The molecule has 1 saturated heterocycles. The van der Waals surface area contributed by atoms with Crippen LogP contribution in [0.4, 0.5) is 20.3 Å². The van der Waals surface area contributed by atoms with Gasteiger partial charge in [-0.05, 0) is 36.5 Å². The van der Waals surface area contributed by atoms with Gasteiger partial charge in [0.1, 0.15) is 11.5 Å². The second-order valence-corrected chi connectivity index (χ2v) is 9.96. The van der Waals surface area contributed by atoms with Crippen molar-refractivity contribution in [2.75, 3.05) is 43.5 Å². The number of halogens is 3. The van der Waals surface area contributed by atoms with Crippen molar-refractivity contribution in [1.82, 2.24) is 14.9 Å². The van der Waals surface area contributed by atoms with Gasteiger partial charge >= 0.3 is 6.01 Å². The molecule has 2 amide bonds. The van der Waals surface area contributed by atoms with Crippen LogP contribution >= 0.6 is 11.6 Å². The Morgan fingerprint density at radius 2 is 2.16 bits per heavy atom. The standard InChI is InChI=1S/C25H27ClF2N6O3/c1-13(27)22(35)34-9-8-33(12-14(34)11-29)21-20-18(30-24(32-21)37-2)10-25(23(36)31-20)7-3-4-15-16(25)5-6-17(26)19(15)28/h5-6,14H,1,3-4,7-12,29H2,2H3,(H,31,36). The number of amides is 2. The molecule has 3 aliphatic rings. The summed E-state index contributed by atoms with van der Waals surface area (Å²) < 4.78 is 33.8. The van der Waals surface area contributed by atoms with Crippen molar-refractivity contribution in [3.05, 3.63) is 52.2 Å². The number of carbonyl (C=O) groups is 2. The Labute approximate surface area is 217 Å². The van der Waals surface area contributed by atoms with Gasteiger partial charge in [-0.2, -0.15) is 9.97 Å². The Morgan fingerprint density at radius 3 is 2.86 bits per heavy atom. The summed E-state index contributed by atoms with van der Waals surface area (Å²) >= 11 is 6.03. The highest BCUT2D eigenvalue weighted by Crippen LogP contribution is 2.47. The van der Waals surface area contributed by atoms with E-state index in [1.54, 1.807) is 6.07 Å². The van der Waals surface area contributed by atoms with Crippen molar-refractivity contribution in [3.8, 4) is 6.01 Å². The Morgan fingerprint density at radius 1 is 1.38 bits per heavy atom. The third kappa shape index (κ3) is 4.10. The number of hydrogen-bond donors (Lipinski definition) is 2. The third-order valence-corrected chi connectivity index (χ3v) is 7.85. The van der Waals surface area contributed by atoms with Crippen LogP contribution in [0.5, 0.6) is 6.01 Å². The lowest BCUT2D eigenvalue weighted by molar-refractivity contribution is -0.131. The Kier molecular flexibility index (Phi) is 6.53. The molecule has 1 aliphatic carbocycles. The molecule has 3 heterocycles. The molecule has 9 nitrogen and oxygen atoms in total. The minimum atomic E-state index is -1.05. The summed E-state index contributed by atoms with van der Waals surface area (Å²) in [6.45, 7) is 3.97. The molecule has 1 spiro atoms. The summed E-state index contributed by atoms with van der Waals surface area (Å²) in [5.41, 5.74) is 6.97. The van der Waals surface area contributed by atoms with Gasteiger partial charge in [-0.1, -0.05) is 24.2 Å². The second kappa shape index (κ2) is 9.53. The van der Waals surface area contributed by atoms with Crippen LogP contribution < -0.4 is 20.7 Å². The molecular formula is C25H27ClF2N6O3. The largest absolute Gasteiger partial charge is 0.467 e. The summed E-state index contributed by atoms with van der Waals surface area (Å²) in [5.74, 6) is -2.18. The maximum Gasteiger partial charge on any atom is 0.318 e. The maximum atomic E-state index is 14.9. The fraction of sp³-hybridized carbons (Fsp3) is 0.440. The van der Waals surface area contributed by atoms with Crippen molar-refractivity contribution in [1.29, 1.82) is 0 Å². The van der Waals surface area contributed by atoms with E-state index in [4.69, 9.17) is 22.1 Å². The lowest BCUT2D eigenvalue weighted by Gasteiger charge is -2.44. The van der Waals surface area contributed by atoms with E-state index in [1.807, 2.05) is 4.90 Å². The molecule has 1 aromatic carbocycles. The van der Waals surface area contributed by atoms with Crippen LogP contribution in [-0.4, -0.2) is 66.0 Å². The van der Waals surface area contributed by atoms with Gasteiger partial charge in [0.05, 0.1) is 29.3 Å². The number of carbonyl (C=O) groups excluding carboxylic acids is 2. The van der Waals surface area contributed by atoms with Crippen LogP contribution in [0.25, 0.3) is 0 Å². The summed E-state index contributed by atoms with van der Waals surface area (Å²) in [7, 11) is 1.45. The quantitative estimate of drug-likeness (QED) is 0.582. The fourth-order valence-electron chi connectivity index (χ4n) is 5.73. The minimum Gasteiger partial charge on any atom is -0.467 e. The third-order valence-electron chi connectivity index (χ3n) is 7.56. The first-order valence-corrected chi connectivity index (χ1v) is 12.4. The summed E-state index contributed by atoms with van der Waals surface area (Å²) in [6.07, 6.45) is 1.87. The second-order valence-electron chi connectivity index (χ2n) is 9.55. The Bertz CT molecular complexity index is 1310. The number of piperazine rings is 1. The molecule has 37 heavy (non-hydrogen) atoms. The normalized spacial score (nSPS) is 22.8. The predicted molar refractivity (Wildman–Crippen MR) is 134 cm³/mol. The number of nitrogens with zero attached hydrogens (tertiary/aromatic N) is 4. The van der Waals surface area contributed by atoms with Gasteiger partial charge in [-0.3, -0.25) is 9.59 Å². The molecule has 1 fully saturated rings. The van der Waals surface area contributed by atoms with E-state index in [2.05, 4.69) is 21.9 Å². The molecule has 2 aromatic rings. The van der Waals surface area contributed by atoms with Crippen molar-refractivity contribution >= 4 is 34.9 Å². The summed E-state index contributed by atoms with van der Waals surface area (Å²) in [5, 5.41) is 3.02. The van der Waals surface area contributed by atoms with E-state index in [0.29, 0.717) is 54.1 Å². The van der Waals surface area contributed by atoms with Crippen molar-refractivity contribution in [2.45, 2.75) is 37.1 Å². The number of nitrogens with one attached hydrogen (secondary N) is 1. The van der Waals surface area contributed by atoms with E-state index < -0.39 is 29.0 Å². The van der Waals surface area contributed by atoms with Crippen LogP contribution in [0, 0.1) is 5.82 Å². The monoisotopic (exact) mass is 532 g/mol. The van der Waals surface area contributed by atoms with E-state index >= 15 is 0 Å². The van der Waals surface area contributed by atoms with Gasteiger partial charge in [0.15, 0.2) is 11.6 Å². The van der Waals surface area contributed by atoms with Crippen molar-refractivity contribution < 1.29 is 23.1 Å². The van der Waals surface area contributed by atoms with Gasteiger partial charge in [-0.25, -0.2) is 8.78 Å². The molecule has 0 radical (unpaired) electrons. The van der Waals surface area contributed by atoms with Gasteiger partial charge in [-0.15, -0.1) is 0 Å². The smallest absolute Gasteiger partial charge is 0.318 e. The zero-order chi connectivity index (χ0) is 26.5. The zero-order valence-corrected chi connectivity index (χ0v) is 21.1. The van der Waals surface area contributed by atoms with Crippen LogP contribution in [0.3, 0.4) is 0 Å². The average Bonchev–Trinajstić information content (AvgIpc) is 2.90. The first-order valence-electron chi connectivity index (χ1n) is 12.0. The SMILES string of the molecule is C=C(F)C(=O)N1CCN(c2nc(OC)nc3c2NC(=O)C2(CCCc4c2ccc(Cl)c4F)C3)CC1CN. The Hall–Kier alpha value is -3.31. The number of nitrogens with two attached hydrogens (primary N) is 1. The number of fused-ring (bicyclic) bond motifs is 3. The molecule has 196 valence electrons. The number of ether oxygens (including phenoxy) is 1. The molecule has 0 bridgehead atoms. The van der Waals surface area contributed by atoms with E-state index in [9.17, 15) is 18.4 Å². The number of hydrogen-bond acceptors (Lipinski definition) is 7. The van der Waals surface area contributed by atoms with Gasteiger partial charge in [0.25, 0.3) is 5.91 Å². The summed E-state index contributed by atoms with van der Waals surface area (Å²) in [4.78, 5) is 38.2. The van der Waals surface area contributed by atoms with E-state index in [0.717, 1.165) is 0 Å². The molecule has 12 heteroatoms. The molecule has 3 N–H and O–H groups in total. The maximum absolute atomic E-state index is 14.9. The van der Waals surface area contributed by atoms with Crippen LogP contribution in [0.15, 0.2) is 24.5 Å². The molecule has 2 atom stereocenters. The highest BCUT2D eigenvalue weighted by atomic mass is 35.5. The van der Waals surface area contributed by atoms with Gasteiger partial charge in [0.2, 0.25) is 5.91 Å². The molecule has 5 rings (SSSR count). The van der Waals surface area contributed by atoms with E-state index in [1.165, 1.54) is 18.1 Å². The van der Waals surface area contributed by atoms with E-state index in [-0.39, 0.29) is 43.0 Å². The number of benzene rings is 1.